The van der Waals surface area contributed by atoms with E-state index in [2.05, 4.69) is 10.9 Å². The van der Waals surface area contributed by atoms with Crippen LogP contribution in [0.1, 0.15) is 33.3 Å². The standard InChI is InChI=1S/C16H26N2O4/c1-11(17-18-15(19)22-16(2,3)4)9-12-7-8-13(20-5)14(10-12)21-6/h7-8,10-11,17H,9H2,1-6H3,(H,18,19). The number of benzene rings is 1. The zero-order valence-electron chi connectivity index (χ0n) is 14.1. The van der Waals surface area contributed by atoms with E-state index in [4.69, 9.17) is 14.2 Å². The van der Waals surface area contributed by atoms with Crippen molar-refractivity contribution in [2.75, 3.05) is 14.2 Å². The molecule has 1 unspecified atom stereocenters. The number of carbonyl (C=O) groups is 1. The van der Waals surface area contributed by atoms with E-state index in [-0.39, 0.29) is 6.04 Å². The predicted octanol–water partition coefficient (Wildman–Crippen LogP) is 2.66. The molecule has 1 atom stereocenters. The molecule has 0 saturated carbocycles. The Morgan fingerprint density at radius 3 is 2.36 bits per heavy atom. The summed E-state index contributed by atoms with van der Waals surface area (Å²) in [7, 11) is 3.21. The molecule has 124 valence electrons. The van der Waals surface area contributed by atoms with Crippen molar-refractivity contribution < 1.29 is 19.0 Å². The van der Waals surface area contributed by atoms with Gasteiger partial charge in [-0.1, -0.05) is 6.07 Å². The van der Waals surface area contributed by atoms with E-state index in [1.54, 1.807) is 14.2 Å². The van der Waals surface area contributed by atoms with Crippen molar-refractivity contribution in [1.29, 1.82) is 0 Å². The Morgan fingerprint density at radius 1 is 1.18 bits per heavy atom. The van der Waals surface area contributed by atoms with Gasteiger partial charge in [0.05, 0.1) is 14.2 Å². The molecule has 0 saturated heterocycles. The van der Waals surface area contributed by atoms with E-state index in [0.29, 0.717) is 11.5 Å². The number of carbonyl (C=O) groups excluding carboxylic acids is 1. The Labute approximate surface area is 132 Å². The fourth-order valence-electron chi connectivity index (χ4n) is 1.90. The van der Waals surface area contributed by atoms with E-state index in [1.807, 2.05) is 45.9 Å². The Morgan fingerprint density at radius 2 is 1.82 bits per heavy atom. The highest BCUT2D eigenvalue weighted by molar-refractivity contribution is 5.67. The third-order valence-corrected chi connectivity index (χ3v) is 2.81. The number of hydrogen-bond donors (Lipinski definition) is 2. The molecule has 1 aromatic rings. The van der Waals surface area contributed by atoms with Gasteiger partial charge in [-0.3, -0.25) is 5.43 Å². The van der Waals surface area contributed by atoms with Crippen LogP contribution in [0.2, 0.25) is 0 Å². The van der Waals surface area contributed by atoms with Crippen LogP contribution in [0.5, 0.6) is 11.5 Å². The minimum absolute atomic E-state index is 0.0330. The average Bonchev–Trinajstić information content (AvgIpc) is 2.43. The van der Waals surface area contributed by atoms with Crippen LogP contribution < -0.4 is 20.3 Å². The summed E-state index contributed by atoms with van der Waals surface area (Å²) in [5.74, 6) is 1.38. The molecule has 0 spiro atoms. The van der Waals surface area contributed by atoms with Gasteiger partial charge < -0.3 is 14.2 Å². The third-order valence-electron chi connectivity index (χ3n) is 2.81. The number of rotatable bonds is 6. The number of ether oxygens (including phenoxy) is 3. The van der Waals surface area contributed by atoms with Gasteiger partial charge in [-0.25, -0.2) is 10.2 Å². The summed E-state index contributed by atoms with van der Waals surface area (Å²) in [5, 5.41) is 0. The molecule has 6 nitrogen and oxygen atoms in total. The maximum Gasteiger partial charge on any atom is 0.422 e. The lowest BCUT2D eigenvalue weighted by molar-refractivity contribution is 0.0489. The molecule has 0 bridgehead atoms. The summed E-state index contributed by atoms with van der Waals surface area (Å²) in [6.07, 6.45) is 0.225. The van der Waals surface area contributed by atoms with E-state index in [0.717, 1.165) is 12.0 Å². The number of nitrogens with one attached hydrogen (secondary N) is 2. The predicted molar refractivity (Wildman–Crippen MR) is 85.2 cm³/mol. The van der Waals surface area contributed by atoms with Crippen molar-refractivity contribution in [3.63, 3.8) is 0 Å². The monoisotopic (exact) mass is 310 g/mol. The Bertz CT molecular complexity index is 497. The van der Waals surface area contributed by atoms with Gasteiger partial charge in [-0.2, -0.15) is 0 Å². The highest BCUT2D eigenvalue weighted by atomic mass is 16.6. The van der Waals surface area contributed by atoms with Crippen molar-refractivity contribution in [1.82, 2.24) is 10.9 Å². The van der Waals surface area contributed by atoms with E-state index in [1.165, 1.54) is 0 Å². The fraction of sp³-hybridized carbons (Fsp3) is 0.562. The molecule has 1 amide bonds. The summed E-state index contributed by atoms with van der Waals surface area (Å²) >= 11 is 0. The summed E-state index contributed by atoms with van der Waals surface area (Å²) in [6.45, 7) is 7.42. The van der Waals surface area contributed by atoms with Gasteiger partial charge >= 0.3 is 6.09 Å². The molecule has 2 N–H and O–H groups in total. The molecule has 0 aromatic heterocycles. The molecule has 0 heterocycles. The first-order valence-corrected chi connectivity index (χ1v) is 7.20. The van der Waals surface area contributed by atoms with Crippen LogP contribution >= 0.6 is 0 Å². The third kappa shape index (κ3) is 6.22. The first-order valence-electron chi connectivity index (χ1n) is 7.20. The number of amides is 1. The second-order valence-corrected chi connectivity index (χ2v) is 6.07. The van der Waals surface area contributed by atoms with Crippen molar-refractivity contribution in [3.8, 4) is 11.5 Å². The molecule has 1 aromatic carbocycles. The number of methoxy groups -OCH3 is 2. The molecule has 0 aliphatic rings. The number of hydrazine groups is 1. The summed E-state index contributed by atoms with van der Waals surface area (Å²) < 4.78 is 15.6. The Balaban J connectivity index is 2.51. The van der Waals surface area contributed by atoms with Crippen molar-refractivity contribution in [3.05, 3.63) is 23.8 Å². The summed E-state index contributed by atoms with van der Waals surface area (Å²) in [4.78, 5) is 11.6. The first kappa shape index (κ1) is 18.1. The normalized spacial score (nSPS) is 12.5. The Hall–Kier alpha value is -1.95. The number of hydrogen-bond acceptors (Lipinski definition) is 5. The molecule has 1 rings (SSSR count). The van der Waals surface area contributed by atoms with E-state index in [9.17, 15) is 4.79 Å². The minimum atomic E-state index is -0.516. The van der Waals surface area contributed by atoms with Gasteiger partial charge in [0.25, 0.3) is 0 Å². The van der Waals surface area contributed by atoms with Gasteiger partial charge in [0.2, 0.25) is 0 Å². The minimum Gasteiger partial charge on any atom is -0.493 e. The van der Waals surface area contributed by atoms with Gasteiger partial charge in [-0.15, -0.1) is 0 Å². The Kier molecular flexibility index (Phi) is 6.49. The lowest BCUT2D eigenvalue weighted by Crippen LogP contribution is -2.46. The SMILES string of the molecule is COc1ccc(CC(C)NNC(=O)OC(C)(C)C)cc1OC. The molecule has 0 aliphatic carbocycles. The van der Waals surface area contributed by atoms with E-state index >= 15 is 0 Å². The van der Waals surface area contributed by atoms with Gasteiger partial charge in [0.15, 0.2) is 11.5 Å². The van der Waals surface area contributed by atoms with Crippen LogP contribution in [0.3, 0.4) is 0 Å². The molecule has 0 aliphatic heterocycles. The zero-order valence-corrected chi connectivity index (χ0v) is 14.1. The van der Waals surface area contributed by atoms with Gasteiger partial charge in [0, 0.05) is 6.04 Å². The second kappa shape index (κ2) is 7.89. The van der Waals surface area contributed by atoms with Crippen molar-refractivity contribution in [2.45, 2.75) is 45.8 Å². The molecule has 22 heavy (non-hydrogen) atoms. The molecule has 0 radical (unpaired) electrons. The summed E-state index contributed by atoms with van der Waals surface area (Å²) in [6, 6.07) is 5.78. The lowest BCUT2D eigenvalue weighted by atomic mass is 10.1. The van der Waals surface area contributed by atoms with Crippen molar-refractivity contribution >= 4 is 6.09 Å². The van der Waals surface area contributed by atoms with Gasteiger partial charge in [0.1, 0.15) is 5.60 Å². The smallest absolute Gasteiger partial charge is 0.422 e. The van der Waals surface area contributed by atoms with Crippen molar-refractivity contribution in [2.24, 2.45) is 0 Å². The molecular weight excluding hydrogens is 284 g/mol. The largest absolute Gasteiger partial charge is 0.493 e. The topological polar surface area (TPSA) is 68.8 Å². The quantitative estimate of drug-likeness (QED) is 0.791. The molecule has 0 fully saturated rings. The first-order chi connectivity index (χ1) is 10.2. The molecule has 6 heteroatoms. The van der Waals surface area contributed by atoms with Crippen LogP contribution in [-0.4, -0.2) is 32.0 Å². The second-order valence-electron chi connectivity index (χ2n) is 6.07. The molecular formula is C16H26N2O4. The fourth-order valence-corrected chi connectivity index (χ4v) is 1.90. The average molecular weight is 310 g/mol. The van der Waals surface area contributed by atoms with Crippen LogP contribution in [0, 0.1) is 0 Å². The highest BCUT2D eigenvalue weighted by Crippen LogP contribution is 2.27. The van der Waals surface area contributed by atoms with Crippen LogP contribution in [0.4, 0.5) is 4.79 Å². The van der Waals surface area contributed by atoms with Crippen LogP contribution in [0.15, 0.2) is 18.2 Å². The summed E-state index contributed by atoms with van der Waals surface area (Å²) in [5.41, 5.74) is 6.02. The van der Waals surface area contributed by atoms with E-state index < -0.39 is 11.7 Å². The maximum absolute atomic E-state index is 11.6. The highest BCUT2D eigenvalue weighted by Gasteiger charge is 2.16. The van der Waals surface area contributed by atoms with Gasteiger partial charge in [-0.05, 0) is 51.8 Å². The zero-order chi connectivity index (χ0) is 16.8. The van der Waals surface area contributed by atoms with Crippen LogP contribution in [0.25, 0.3) is 0 Å². The van der Waals surface area contributed by atoms with Crippen LogP contribution in [-0.2, 0) is 11.2 Å². The maximum atomic E-state index is 11.6. The lowest BCUT2D eigenvalue weighted by Gasteiger charge is -2.21.